The standard InChI is InChI=1S/C17H20N2O3S/c1-2-22-14-7-5-12(6-8-14)10-13(16(18)20)11-19-17(21)15-4-3-9-23-15/h3-9,13H,2,10-11H2,1H3,(H2,18,20)(H,19,21). The van der Waals surface area contributed by atoms with Crippen LogP contribution in [0.3, 0.4) is 0 Å². The fourth-order valence-corrected chi connectivity index (χ4v) is 2.80. The highest BCUT2D eigenvalue weighted by atomic mass is 32.1. The van der Waals surface area contributed by atoms with Crippen molar-refractivity contribution >= 4 is 23.2 Å². The van der Waals surface area contributed by atoms with Crippen LogP contribution < -0.4 is 15.8 Å². The maximum atomic E-state index is 11.9. The van der Waals surface area contributed by atoms with Crippen molar-refractivity contribution < 1.29 is 14.3 Å². The average Bonchev–Trinajstić information content (AvgIpc) is 3.07. The molecule has 23 heavy (non-hydrogen) atoms. The van der Waals surface area contributed by atoms with E-state index in [0.29, 0.717) is 17.9 Å². The first-order chi connectivity index (χ1) is 11.1. The van der Waals surface area contributed by atoms with E-state index in [-0.39, 0.29) is 12.5 Å². The third kappa shape index (κ3) is 5.10. The number of ether oxygens (including phenoxy) is 1. The normalized spacial score (nSPS) is 11.7. The molecular formula is C17H20N2O3S. The lowest BCUT2D eigenvalue weighted by atomic mass is 9.98. The van der Waals surface area contributed by atoms with Crippen molar-refractivity contribution in [2.75, 3.05) is 13.2 Å². The number of nitrogens with one attached hydrogen (secondary N) is 1. The monoisotopic (exact) mass is 332 g/mol. The highest BCUT2D eigenvalue weighted by Gasteiger charge is 2.18. The number of carbonyl (C=O) groups is 2. The topological polar surface area (TPSA) is 81.4 Å². The van der Waals surface area contributed by atoms with Crippen molar-refractivity contribution in [1.29, 1.82) is 0 Å². The minimum Gasteiger partial charge on any atom is -0.494 e. The molecule has 1 aromatic carbocycles. The number of primary amides is 1. The molecule has 0 radical (unpaired) electrons. The first-order valence-corrected chi connectivity index (χ1v) is 8.31. The number of nitrogens with two attached hydrogens (primary N) is 1. The number of rotatable bonds is 8. The molecule has 2 amide bonds. The van der Waals surface area contributed by atoms with Crippen LogP contribution in [-0.4, -0.2) is 25.0 Å². The summed E-state index contributed by atoms with van der Waals surface area (Å²) in [6, 6.07) is 11.1. The van der Waals surface area contributed by atoms with Gasteiger partial charge in [0, 0.05) is 6.54 Å². The van der Waals surface area contributed by atoms with Crippen molar-refractivity contribution in [3.63, 3.8) is 0 Å². The number of carbonyl (C=O) groups excluding carboxylic acids is 2. The number of benzene rings is 1. The molecule has 0 fully saturated rings. The van der Waals surface area contributed by atoms with E-state index in [1.54, 1.807) is 6.07 Å². The number of amides is 2. The van der Waals surface area contributed by atoms with Crippen LogP contribution in [0.1, 0.15) is 22.2 Å². The molecule has 0 saturated heterocycles. The van der Waals surface area contributed by atoms with E-state index < -0.39 is 11.8 Å². The predicted molar refractivity (Wildman–Crippen MR) is 90.7 cm³/mol. The molecule has 1 atom stereocenters. The van der Waals surface area contributed by atoms with E-state index in [1.165, 1.54) is 11.3 Å². The van der Waals surface area contributed by atoms with Crippen molar-refractivity contribution in [2.24, 2.45) is 11.7 Å². The quantitative estimate of drug-likeness (QED) is 0.778. The maximum Gasteiger partial charge on any atom is 0.261 e. The Labute approximate surface area is 139 Å². The second-order valence-corrected chi connectivity index (χ2v) is 6.02. The number of hydrogen-bond acceptors (Lipinski definition) is 4. The van der Waals surface area contributed by atoms with Crippen LogP contribution in [-0.2, 0) is 11.2 Å². The summed E-state index contributed by atoms with van der Waals surface area (Å²) in [5, 5.41) is 4.60. The Morgan fingerprint density at radius 1 is 1.26 bits per heavy atom. The van der Waals surface area contributed by atoms with Gasteiger partial charge >= 0.3 is 0 Å². The molecule has 0 aliphatic heterocycles. The number of hydrogen-bond donors (Lipinski definition) is 2. The van der Waals surface area contributed by atoms with Crippen molar-refractivity contribution in [3.8, 4) is 5.75 Å². The van der Waals surface area contributed by atoms with Gasteiger partial charge in [0.1, 0.15) is 5.75 Å². The van der Waals surface area contributed by atoms with Crippen LogP contribution in [0.2, 0.25) is 0 Å². The molecule has 5 nitrogen and oxygen atoms in total. The molecule has 0 aliphatic rings. The summed E-state index contributed by atoms with van der Waals surface area (Å²) in [6.45, 7) is 2.75. The van der Waals surface area contributed by atoms with Crippen LogP contribution in [0.25, 0.3) is 0 Å². The van der Waals surface area contributed by atoms with Gasteiger partial charge in [-0.05, 0) is 42.5 Å². The summed E-state index contributed by atoms with van der Waals surface area (Å²) in [7, 11) is 0. The Morgan fingerprint density at radius 2 is 2.00 bits per heavy atom. The zero-order valence-corrected chi connectivity index (χ0v) is 13.8. The summed E-state index contributed by atoms with van der Waals surface area (Å²) in [4.78, 5) is 24.2. The maximum absolute atomic E-state index is 11.9. The smallest absolute Gasteiger partial charge is 0.261 e. The third-order valence-corrected chi connectivity index (χ3v) is 4.24. The lowest BCUT2D eigenvalue weighted by molar-refractivity contribution is -0.121. The van der Waals surface area contributed by atoms with Gasteiger partial charge in [-0.3, -0.25) is 9.59 Å². The summed E-state index contributed by atoms with van der Waals surface area (Å²) in [5.41, 5.74) is 6.43. The minimum absolute atomic E-state index is 0.182. The van der Waals surface area contributed by atoms with Crippen molar-refractivity contribution in [3.05, 3.63) is 52.2 Å². The Morgan fingerprint density at radius 3 is 2.57 bits per heavy atom. The molecule has 0 saturated carbocycles. The Bertz CT molecular complexity index is 638. The molecule has 1 unspecified atom stereocenters. The average molecular weight is 332 g/mol. The summed E-state index contributed by atoms with van der Waals surface area (Å²) < 4.78 is 5.39. The largest absolute Gasteiger partial charge is 0.494 e. The summed E-state index contributed by atoms with van der Waals surface area (Å²) >= 11 is 1.36. The molecule has 0 bridgehead atoms. The first kappa shape index (κ1) is 17.0. The van der Waals surface area contributed by atoms with Crippen LogP contribution >= 0.6 is 11.3 Å². The first-order valence-electron chi connectivity index (χ1n) is 7.43. The molecule has 6 heteroatoms. The molecule has 1 heterocycles. The van der Waals surface area contributed by atoms with Gasteiger partial charge in [0.2, 0.25) is 5.91 Å². The van der Waals surface area contributed by atoms with Gasteiger partial charge in [0.05, 0.1) is 17.4 Å². The lowest BCUT2D eigenvalue weighted by Gasteiger charge is -2.14. The Hall–Kier alpha value is -2.34. The van der Waals surface area contributed by atoms with Crippen molar-refractivity contribution in [2.45, 2.75) is 13.3 Å². The molecule has 0 spiro atoms. The molecule has 0 aliphatic carbocycles. The lowest BCUT2D eigenvalue weighted by Crippen LogP contribution is -2.37. The zero-order chi connectivity index (χ0) is 16.7. The highest BCUT2D eigenvalue weighted by molar-refractivity contribution is 7.12. The highest BCUT2D eigenvalue weighted by Crippen LogP contribution is 2.15. The fourth-order valence-electron chi connectivity index (χ4n) is 2.16. The second kappa shape index (κ2) is 8.33. The van der Waals surface area contributed by atoms with Gasteiger partial charge in [0.15, 0.2) is 0 Å². The fraction of sp³-hybridized carbons (Fsp3) is 0.294. The molecule has 122 valence electrons. The zero-order valence-electron chi connectivity index (χ0n) is 13.0. The van der Waals surface area contributed by atoms with Gasteiger partial charge in [0.25, 0.3) is 5.91 Å². The van der Waals surface area contributed by atoms with E-state index in [9.17, 15) is 9.59 Å². The van der Waals surface area contributed by atoms with Crippen molar-refractivity contribution in [1.82, 2.24) is 5.32 Å². The summed E-state index contributed by atoms with van der Waals surface area (Å²) in [5.74, 6) is -0.266. The van der Waals surface area contributed by atoms with E-state index in [4.69, 9.17) is 10.5 Å². The van der Waals surface area contributed by atoms with Gasteiger partial charge in [-0.25, -0.2) is 0 Å². The SMILES string of the molecule is CCOc1ccc(CC(CNC(=O)c2cccs2)C(N)=O)cc1. The molecular weight excluding hydrogens is 312 g/mol. The Balaban J connectivity index is 1.93. The molecule has 1 aromatic heterocycles. The van der Waals surface area contributed by atoms with Gasteiger partial charge in [-0.1, -0.05) is 18.2 Å². The predicted octanol–water partition coefficient (Wildman–Crippen LogP) is 2.22. The third-order valence-electron chi connectivity index (χ3n) is 3.37. The van der Waals surface area contributed by atoms with E-state index in [2.05, 4.69) is 5.32 Å². The number of thiophene rings is 1. The minimum atomic E-state index is -0.447. The Kier molecular flexibility index (Phi) is 6.17. The van der Waals surface area contributed by atoms with Crippen LogP contribution in [0.4, 0.5) is 0 Å². The van der Waals surface area contributed by atoms with Gasteiger partial charge in [-0.15, -0.1) is 11.3 Å². The molecule has 2 rings (SSSR count). The van der Waals surface area contributed by atoms with Gasteiger partial charge in [-0.2, -0.15) is 0 Å². The van der Waals surface area contributed by atoms with Gasteiger partial charge < -0.3 is 15.8 Å². The molecule has 2 aromatic rings. The van der Waals surface area contributed by atoms with E-state index in [1.807, 2.05) is 42.6 Å². The van der Waals surface area contributed by atoms with Crippen LogP contribution in [0.5, 0.6) is 5.75 Å². The molecule has 3 N–H and O–H groups in total. The van der Waals surface area contributed by atoms with E-state index in [0.717, 1.165) is 11.3 Å². The van der Waals surface area contributed by atoms with Crippen LogP contribution in [0.15, 0.2) is 41.8 Å². The van der Waals surface area contributed by atoms with Crippen LogP contribution in [0, 0.1) is 5.92 Å². The van der Waals surface area contributed by atoms with E-state index >= 15 is 0 Å². The summed E-state index contributed by atoms with van der Waals surface area (Å²) in [6.07, 6.45) is 0.479. The second-order valence-electron chi connectivity index (χ2n) is 5.07.